The monoisotopic (exact) mass is 868 g/mol. The van der Waals surface area contributed by atoms with E-state index in [9.17, 15) is 19.2 Å². The van der Waals surface area contributed by atoms with Crippen molar-refractivity contribution >= 4 is 35.1 Å². The Morgan fingerprint density at radius 3 is 2.19 bits per heavy atom. The second-order valence-electron chi connectivity index (χ2n) is 18.6. The zero-order valence-electron chi connectivity index (χ0n) is 36.6. The van der Waals surface area contributed by atoms with Gasteiger partial charge in [0.05, 0.1) is 6.04 Å². The summed E-state index contributed by atoms with van der Waals surface area (Å²) >= 11 is 0. The number of carbonyl (C=O) groups is 4. The van der Waals surface area contributed by atoms with Crippen LogP contribution >= 0.6 is 0 Å². The molecule has 1 aromatic heterocycles. The zero-order chi connectivity index (χ0) is 43.7. The summed E-state index contributed by atoms with van der Waals surface area (Å²) in [5.41, 5.74) is 10.7. The highest BCUT2D eigenvalue weighted by Gasteiger charge is 2.40. The molecule has 7 heterocycles. The van der Waals surface area contributed by atoms with E-state index in [0.29, 0.717) is 35.7 Å². The number of anilines is 2. The summed E-state index contributed by atoms with van der Waals surface area (Å²) in [6, 6.07) is 23.1. The number of nitrogens with two attached hydrogens (primary N) is 1. The molecule has 4 fully saturated rings. The molecule has 4 amide bonds. The van der Waals surface area contributed by atoms with Gasteiger partial charge >= 0.3 is 0 Å². The number of ether oxygens (including phenoxy) is 1. The first kappa shape index (κ1) is 42.2. The van der Waals surface area contributed by atoms with Gasteiger partial charge in [-0.15, -0.1) is 0 Å². The summed E-state index contributed by atoms with van der Waals surface area (Å²) in [7, 11) is 0. The normalized spacial score (nSPS) is 22.8. The van der Waals surface area contributed by atoms with Crippen molar-refractivity contribution in [2.75, 3.05) is 88.8 Å². The third-order valence-electron chi connectivity index (χ3n) is 14.7. The van der Waals surface area contributed by atoms with Gasteiger partial charge in [0.15, 0.2) is 0 Å². The molecule has 4 N–H and O–H groups in total. The van der Waals surface area contributed by atoms with Gasteiger partial charge in [-0.05, 0) is 137 Å². The number of rotatable bonds is 12. The molecule has 6 aliphatic heterocycles. The van der Waals surface area contributed by atoms with Crippen LogP contribution in [-0.4, -0.2) is 138 Å². The van der Waals surface area contributed by atoms with Crippen molar-refractivity contribution in [1.29, 1.82) is 0 Å². The second kappa shape index (κ2) is 18.4. The Labute approximate surface area is 374 Å². The topological polar surface area (TPSA) is 162 Å². The van der Waals surface area contributed by atoms with Crippen LogP contribution in [0.25, 0.3) is 11.3 Å². The first-order valence-corrected chi connectivity index (χ1v) is 23.4. The largest absolute Gasteiger partial charge is 0.457 e. The third kappa shape index (κ3) is 8.85. The Bertz CT molecular complexity index is 2350. The van der Waals surface area contributed by atoms with Crippen LogP contribution in [0.2, 0.25) is 0 Å². The van der Waals surface area contributed by atoms with E-state index in [4.69, 9.17) is 15.6 Å². The number of para-hydroxylation sites is 1. The minimum absolute atomic E-state index is 0.125. The predicted molar refractivity (Wildman–Crippen MR) is 244 cm³/mol. The van der Waals surface area contributed by atoms with Gasteiger partial charge in [0.25, 0.3) is 11.8 Å². The number of carbonyl (C=O) groups excluding carboxylic acids is 4. The number of fused-ring (bicyclic) bond motifs is 2. The average molecular weight is 869 g/mol. The van der Waals surface area contributed by atoms with Crippen molar-refractivity contribution in [2.24, 2.45) is 17.6 Å². The number of likely N-dealkylation sites (tertiary alicyclic amines) is 2. The minimum atomic E-state index is -0.590. The summed E-state index contributed by atoms with van der Waals surface area (Å²) in [5.74, 6) is 2.22. The molecule has 4 saturated heterocycles. The maximum absolute atomic E-state index is 13.2. The molecule has 6 aliphatic rings. The van der Waals surface area contributed by atoms with Gasteiger partial charge in [0, 0.05) is 82.1 Å². The summed E-state index contributed by atoms with van der Waals surface area (Å²) in [5, 5.41) is 10.9. The summed E-state index contributed by atoms with van der Waals surface area (Å²) < 4.78 is 8.07. The smallest absolute Gasteiger partial charge is 0.255 e. The van der Waals surface area contributed by atoms with E-state index in [1.54, 1.807) is 4.90 Å². The standard InChI is InChI=1S/C49H60N10O5/c50-46(61)44-45(35-6-9-39(10-7-35)64-38-4-2-1-3-5-38)53-59-41(14-19-51-47(44)59)34-17-22-56(23-18-34)31-33-15-20-54(21-16-33)24-25-55-26-28-57(29-27-55)37-8-11-40-36(30-37)32-58(49(40)63)42-12-13-43(60)52-48(42)62/h1-11,30,33-34,41-42,51H,12-29,31-32H2,(H2,50,61)(H,52,60,62)/t41-,42?/m0/s1. The number of benzene rings is 3. The Balaban J connectivity index is 0.656. The molecule has 1 unspecified atom stereocenters. The van der Waals surface area contributed by atoms with Crippen LogP contribution in [0.3, 0.4) is 0 Å². The summed E-state index contributed by atoms with van der Waals surface area (Å²) in [4.78, 5) is 62.1. The van der Waals surface area contributed by atoms with Gasteiger partial charge < -0.3 is 35.4 Å². The van der Waals surface area contributed by atoms with Crippen molar-refractivity contribution in [1.82, 2.24) is 34.7 Å². The van der Waals surface area contributed by atoms with Crippen LogP contribution in [0.5, 0.6) is 11.5 Å². The van der Waals surface area contributed by atoms with E-state index >= 15 is 0 Å². The molecule has 336 valence electrons. The lowest BCUT2D eigenvalue weighted by Gasteiger charge is -2.41. The number of hydrogen-bond acceptors (Lipinski definition) is 11. The van der Waals surface area contributed by atoms with Gasteiger partial charge in [0.1, 0.15) is 34.6 Å². The van der Waals surface area contributed by atoms with Crippen LogP contribution < -0.4 is 26.0 Å². The molecule has 0 radical (unpaired) electrons. The molecule has 0 bridgehead atoms. The van der Waals surface area contributed by atoms with Crippen LogP contribution in [0, 0.1) is 11.8 Å². The van der Waals surface area contributed by atoms with Gasteiger partial charge in [-0.3, -0.25) is 29.4 Å². The highest BCUT2D eigenvalue weighted by Crippen LogP contribution is 2.41. The summed E-state index contributed by atoms with van der Waals surface area (Å²) in [6.07, 6.45) is 6.35. The van der Waals surface area contributed by atoms with Crippen LogP contribution in [0.4, 0.5) is 11.5 Å². The maximum Gasteiger partial charge on any atom is 0.255 e. The lowest BCUT2D eigenvalue weighted by atomic mass is 9.86. The number of piperidine rings is 3. The zero-order valence-corrected chi connectivity index (χ0v) is 36.6. The molecule has 0 saturated carbocycles. The Morgan fingerprint density at radius 1 is 0.766 bits per heavy atom. The highest BCUT2D eigenvalue weighted by atomic mass is 16.5. The minimum Gasteiger partial charge on any atom is -0.457 e. The van der Waals surface area contributed by atoms with Crippen LogP contribution in [0.1, 0.15) is 77.3 Å². The Kier molecular flexibility index (Phi) is 12.1. The van der Waals surface area contributed by atoms with E-state index < -0.39 is 11.9 Å². The molecule has 4 aromatic rings. The van der Waals surface area contributed by atoms with E-state index in [1.807, 2.05) is 66.7 Å². The number of aromatic nitrogens is 2. The van der Waals surface area contributed by atoms with Gasteiger partial charge in [-0.25, -0.2) is 4.68 Å². The number of amides is 4. The van der Waals surface area contributed by atoms with Crippen molar-refractivity contribution in [3.8, 4) is 22.8 Å². The molecule has 15 heteroatoms. The molecule has 0 spiro atoms. The van der Waals surface area contributed by atoms with E-state index in [2.05, 4.69) is 41.0 Å². The fraction of sp³-hybridized carbons (Fsp3) is 0.490. The third-order valence-corrected chi connectivity index (χ3v) is 14.7. The molecule has 3 aromatic carbocycles. The number of primary amides is 1. The number of imide groups is 1. The quantitative estimate of drug-likeness (QED) is 0.168. The molecule has 0 aliphatic carbocycles. The number of nitrogens with one attached hydrogen (secondary N) is 2. The lowest BCUT2D eigenvalue weighted by molar-refractivity contribution is -0.136. The molecule has 10 rings (SSSR count). The van der Waals surface area contributed by atoms with Crippen LogP contribution in [0.15, 0.2) is 72.8 Å². The molecule has 15 nitrogen and oxygen atoms in total. The van der Waals surface area contributed by atoms with Crippen molar-refractivity contribution in [3.63, 3.8) is 0 Å². The SMILES string of the molecule is NC(=O)c1c(-c2ccc(Oc3ccccc3)cc2)nn2c1NCC[C@H]2C1CCN(CC2CCN(CCN3CCN(c4ccc5c(c4)CN(C4CCC(=O)NC4=O)C5=O)CC3)CC2)CC1. The average Bonchev–Trinajstić information content (AvgIpc) is 3.87. The van der Waals surface area contributed by atoms with E-state index in [-0.39, 0.29) is 30.2 Å². The number of hydrogen-bond donors (Lipinski definition) is 3. The molecular formula is C49H60N10O5. The first-order valence-electron chi connectivity index (χ1n) is 23.4. The van der Waals surface area contributed by atoms with Gasteiger partial charge in [-0.1, -0.05) is 18.2 Å². The van der Waals surface area contributed by atoms with Crippen LogP contribution in [-0.2, 0) is 16.1 Å². The molecule has 2 atom stereocenters. The Hall–Kier alpha value is -5.77. The van der Waals surface area contributed by atoms with E-state index in [1.165, 1.54) is 19.4 Å². The maximum atomic E-state index is 13.2. The fourth-order valence-electron chi connectivity index (χ4n) is 11.0. The Morgan fingerprint density at radius 2 is 1.47 bits per heavy atom. The van der Waals surface area contributed by atoms with Gasteiger partial charge in [-0.2, -0.15) is 5.10 Å². The molecular weight excluding hydrogens is 809 g/mol. The lowest BCUT2D eigenvalue weighted by Crippen LogP contribution is -2.52. The first-order chi connectivity index (χ1) is 31.2. The second-order valence-corrected chi connectivity index (χ2v) is 18.6. The van der Waals surface area contributed by atoms with Crippen molar-refractivity contribution < 1.29 is 23.9 Å². The van der Waals surface area contributed by atoms with Crippen molar-refractivity contribution in [2.45, 2.75) is 63.6 Å². The number of nitrogens with zero attached hydrogens (tertiary/aromatic N) is 7. The fourth-order valence-corrected chi connectivity index (χ4v) is 11.0. The molecule has 64 heavy (non-hydrogen) atoms. The predicted octanol–water partition coefficient (Wildman–Crippen LogP) is 4.81. The summed E-state index contributed by atoms with van der Waals surface area (Å²) in [6.45, 7) is 13.0. The van der Waals surface area contributed by atoms with Gasteiger partial charge in [0.2, 0.25) is 11.8 Å². The van der Waals surface area contributed by atoms with E-state index in [0.717, 1.165) is 131 Å². The van der Waals surface area contributed by atoms with Crippen molar-refractivity contribution in [3.05, 3.63) is 89.5 Å². The number of piperazine rings is 1. The highest BCUT2D eigenvalue weighted by molar-refractivity contribution is 6.06.